The van der Waals surface area contributed by atoms with Gasteiger partial charge in [0.1, 0.15) is 0 Å². The molecule has 7 heteroatoms. The van der Waals surface area contributed by atoms with Crippen LogP contribution in [0.4, 0.5) is 0 Å². The van der Waals surface area contributed by atoms with Crippen molar-refractivity contribution < 1.29 is 9.26 Å². The van der Waals surface area contributed by atoms with E-state index >= 15 is 0 Å². The number of hydrogen-bond acceptors (Lipinski definition) is 6. The normalized spacial score (nSPS) is 22.0. The fourth-order valence-electron chi connectivity index (χ4n) is 3.25. The van der Waals surface area contributed by atoms with Crippen molar-refractivity contribution in [2.45, 2.75) is 52.0 Å². The second-order valence-corrected chi connectivity index (χ2v) is 7.06. The van der Waals surface area contributed by atoms with Gasteiger partial charge in [-0.3, -0.25) is 4.90 Å². The zero-order chi connectivity index (χ0) is 17.8. The van der Waals surface area contributed by atoms with Crippen molar-refractivity contribution in [2.75, 3.05) is 20.1 Å². The Bertz CT molecular complexity index is 666. The Morgan fingerprint density at radius 1 is 1.19 bits per heavy atom. The molecule has 0 amide bonds. The minimum atomic E-state index is 0. The van der Waals surface area contributed by atoms with Crippen LogP contribution in [-0.4, -0.2) is 53.4 Å². The second-order valence-electron chi connectivity index (χ2n) is 7.06. The minimum Gasteiger partial charge on any atom is -0.373 e. The summed E-state index contributed by atoms with van der Waals surface area (Å²) in [4.78, 5) is 6.93. The Labute approximate surface area is 161 Å². The molecule has 0 aliphatic carbocycles. The third-order valence-electron chi connectivity index (χ3n) is 4.55. The molecule has 3 atom stereocenters. The van der Waals surface area contributed by atoms with E-state index in [1.54, 1.807) is 0 Å². The van der Waals surface area contributed by atoms with Crippen molar-refractivity contribution in [2.24, 2.45) is 0 Å². The van der Waals surface area contributed by atoms with Crippen molar-refractivity contribution in [3.8, 4) is 11.5 Å². The molecule has 2 aromatic rings. The molecule has 0 saturated carbocycles. The molecule has 1 N–H and O–H groups in total. The van der Waals surface area contributed by atoms with E-state index in [4.69, 9.17) is 9.26 Å². The van der Waals surface area contributed by atoms with E-state index in [2.05, 4.69) is 65.4 Å². The molecule has 1 aromatic heterocycles. The maximum absolute atomic E-state index is 5.80. The molecule has 0 bridgehead atoms. The molecule has 1 fully saturated rings. The lowest BCUT2D eigenvalue weighted by Crippen LogP contribution is -2.44. The zero-order valence-corrected chi connectivity index (χ0v) is 16.8. The predicted molar refractivity (Wildman–Crippen MR) is 104 cm³/mol. The molecule has 3 unspecified atom stereocenters. The smallest absolute Gasteiger partial charge is 0.257 e. The summed E-state index contributed by atoms with van der Waals surface area (Å²) in [6.45, 7) is 9.25. The lowest BCUT2D eigenvalue weighted by Gasteiger charge is -2.35. The molecule has 6 nitrogen and oxygen atoms in total. The van der Waals surface area contributed by atoms with Gasteiger partial charge in [0.25, 0.3) is 5.89 Å². The number of likely N-dealkylation sites (N-methyl/N-ethyl adjacent to an activating group) is 1. The lowest BCUT2D eigenvalue weighted by atomic mass is 10.1. The Hall–Kier alpha value is -1.47. The number of morpholine rings is 1. The molecular weight excluding hydrogens is 352 g/mol. The van der Waals surface area contributed by atoms with Crippen molar-refractivity contribution in [3.63, 3.8) is 0 Å². The topological polar surface area (TPSA) is 63.4 Å². The standard InChI is InChI=1S/C19H28N4O2.ClH/c1-13(20-4)9-18-21-19(25-22-18)17-7-5-16(6-8-17)12-23-10-14(2)24-15(3)11-23;/h5-8,13-15,20H,9-12H2,1-4H3;1H. The first-order valence-electron chi connectivity index (χ1n) is 9.00. The summed E-state index contributed by atoms with van der Waals surface area (Å²) in [7, 11) is 1.93. The average Bonchev–Trinajstić information content (AvgIpc) is 3.03. The Balaban J connectivity index is 0.00000243. The maximum atomic E-state index is 5.80. The van der Waals surface area contributed by atoms with Crippen LogP contribution >= 0.6 is 12.4 Å². The van der Waals surface area contributed by atoms with Gasteiger partial charge in [-0.1, -0.05) is 17.3 Å². The Kier molecular flexibility index (Phi) is 7.58. The van der Waals surface area contributed by atoms with Gasteiger partial charge >= 0.3 is 0 Å². The highest BCUT2D eigenvalue weighted by atomic mass is 35.5. The van der Waals surface area contributed by atoms with E-state index in [9.17, 15) is 0 Å². The van der Waals surface area contributed by atoms with Gasteiger partial charge in [0.15, 0.2) is 5.82 Å². The molecule has 3 rings (SSSR count). The van der Waals surface area contributed by atoms with Gasteiger partial charge in [-0.15, -0.1) is 12.4 Å². The van der Waals surface area contributed by atoms with Crippen LogP contribution in [0, 0.1) is 0 Å². The maximum Gasteiger partial charge on any atom is 0.257 e. The third kappa shape index (κ3) is 5.51. The zero-order valence-electron chi connectivity index (χ0n) is 15.9. The summed E-state index contributed by atoms with van der Waals surface area (Å²) < 4.78 is 11.2. The number of halogens is 1. The molecule has 1 saturated heterocycles. The number of benzene rings is 1. The van der Waals surface area contributed by atoms with Crippen LogP contribution in [0.1, 0.15) is 32.2 Å². The Morgan fingerprint density at radius 3 is 2.46 bits per heavy atom. The molecule has 0 radical (unpaired) electrons. The summed E-state index contributed by atoms with van der Waals surface area (Å²) >= 11 is 0. The molecule has 2 heterocycles. The number of aromatic nitrogens is 2. The van der Waals surface area contributed by atoms with Gasteiger partial charge in [0.2, 0.25) is 0 Å². The van der Waals surface area contributed by atoms with Gasteiger partial charge in [0.05, 0.1) is 12.2 Å². The molecule has 1 aliphatic rings. The van der Waals surface area contributed by atoms with Gasteiger partial charge in [-0.25, -0.2) is 0 Å². The Morgan fingerprint density at radius 2 is 1.85 bits per heavy atom. The third-order valence-corrected chi connectivity index (χ3v) is 4.55. The summed E-state index contributed by atoms with van der Waals surface area (Å²) in [6.07, 6.45) is 1.34. The number of ether oxygens (including phenoxy) is 1. The van der Waals surface area contributed by atoms with Gasteiger partial charge < -0.3 is 14.6 Å². The average molecular weight is 381 g/mol. The van der Waals surface area contributed by atoms with Crippen LogP contribution in [0.15, 0.2) is 28.8 Å². The number of nitrogens with one attached hydrogen (secondary N) is 1. The number of nitrogens with zero attached hydrogens (tertiary/aromatic N) is 3. The van der Waals surface area contributed by atoms with E-state index in [-0.39, 0.29) is 12.4 Å². The summed E-state index contributed by atoms with van der Waals surface area (Å²) in [6, 6.07) is 8.72. The van der Waals surface area contributed by atoms with Crippen LogP contribution < -0.4 is 5.32 Å². The first-order chi connectivity index (χ1) is 12.0. The highest BCUT2D eigenvalue weighted by molar-refractivity contribution is 5.85. The second kappa shape index (κ2) is 9.46. The van der Waals surface area contributed by atoms with Crippen molar-refractivity contribution in [1.82, 2.24) is 20.4 Å². The van der Waals surface area contributed by atoms with E-state index in [1.165, 1.54) is 5.56 Å². The van der Waals surface area contributed by atoms with Crippen LogP contribution in [0.25, 0.3) is 11.5 Å². The molecular formula is C19H29ClN4O2. The van der Waals surface area contributed by atoms with Crippen LogP contribution in [0.3, 0.4) is 0 Å². The summed E-state index contributed by atoms with van der Waals surface area (Å²) in [5.41, 5.74) is 2.25. The van der Waals surface area contributed by atoms with Crippen molar-refractivity contribution in [3.05, 3.63) is 35.7 Å². The van der Waals surface area contributed by atoms with Crippen LogP contribution in [-0.2, 0) is 17.7 Å². The summed E-state index contributed by atoms with van der Waals surface area (Å²) in [5, 5.41) is 7.24. The summed E-state index contributed by atoms with van der Waals surface area (Å²) in [5.74, 6) is 1.32. The van der Waals surface area contributed by atoms with Crippen molar-refractivity contribution in [1.29, 1.82) is 0 Å². The van der Waals surface area contributed by atoms with Gasteiger partial charge in [-0.05, 0) is 45.5 Å². The largest absolute Gasteiger partial charge is 0.373 e. The lowest BCUT2D eigenvalue weighted by molar-refractivity contribution is -0.0704. The first-order valence-corrected chi connectivity index (χ1v) is 9.00. The highest BCUT2D eigenvalue weighted by Gasteiger charge is 2.22. The van der Waals surface area contributed by atoms with Gasteiger partial charge in [0, 0.05) is 37.7 Å². The molecule has 0 spiro atoms. The van der Waals surface area contributed by atoms with E-state index in [0.717, 1.165) is 37.4 Å². The SMILES string of the molecule is CNC(C)Cc1noc(-c2ccc(CN3CC(C)OC(C)C3)cc2)n1.Cl. The fourth-order valence-corrected chi connectivity index (χ4v) is 3.25. The molecule has 144 valence electrons. The first kappa shape index (κ1) is 20.8. The molecule has 26 heavy (non-hydrogen) atoms. The number of rotatable bonds is 6. The monoisotopic (exact) mass is 380 g/mol. The molecule has 1 aromatic carbocycles. The highest BCUT2D eigenvalue weighted by Crippen LogP contribution is 2.20. The van der Waals surface area contributed by atoms with E-state index in [0.29, 0.717) is 24.1 Å². The number of hydrogen-bond donors (Lipinski definition) is 1. The van der Waals surface area contributed by atoms with Crippen LogP contribution in [0.2, 0.25) is 0 Å². The quantitative estimate of drug-likeness (QED) is 0.831. The molecule has 1 aliphatic heterocycles. The van der Waals surface area contributed by atoms with E-state index < -0.39 is 0 Å². The fraction of sp³-hybridized carbons (Fsp3) is 0.579. The predicted octanol–water partition coefficient (Wildman–Crippen LogP) is 2.92. The van der Waals surface area contributed by atoms with E-state index in [1.807, 2.05) is 7.05 Å². The van der Waals surface area contributed by atoms with Gasteiger partial charge in [-0.2, -0.15) is 4.98 Å². The van der Waals surface area contributed by atoms with Crippen LogP contribution in [0.5, 0.6) is 0 Å². The minimum absolute atomic E-state index is 0. The van der Waals surface area contributed by atoms with Crippen molar-refractivity contribution >= 4 is 12.4 Å².